The van der Waals surface area contributed by atoms with E-state index in [1.54, 1.807) is 0 Å². The van der Waals surface area contributed by atoms with Crippen molar-refractivity contribution >= 4 is 5.91 Å². The number of aromatic nitrogens is 2. The van der Waals surface area contributed by atoms with Gasteiger partial charge in [0.15, 0.2) is 0 Å². The molecule has 0 radical (unpaired) electrons. The lowest BCUT2D eigenvalue weighted by Gasteiger charge is -2.20. The molecule has 0 saturated carbocycles. The summed E-state index contributed by atoms with van der Waals surface area (Å²) in [5.74, 6) is -0.229. The van der Waals surface area contributed by atoms with E-state index in [1.807, 2.05) is 11.9 Å². The second-order valence-corrected chi connectivity index (χ2v) is 3.89. The number of aromatic amines is 2. The molecule has 7 nitrogen and oxygen atoms in total. The molecule has 1 aromatic rings. The Labute approximate surface area is 103 Å². The molecule has 100 valence electrons. The van der Waals surface area contributed by atoms with Crippen LogP contribution < -0.4 is 11.2 Å². The average Bonchev–Trinajstić information content (AvgIpc) is 2.27. The zero-order valence-corrected chi connectivity index (χ0v) is 10.2. The topological polar surface area (TPSA) is 106 Å². The predicted octanol–water partition coefficient (Wildman–Crippen LogP) is -1.16. The van der Waals surface area contributed by atoms with E-state index in [1.165, 1.54) is 11.0 Å². The maximum Gasteiger partial charge on any atom is 0.325 e. The number of nitrogens with one attached hydrogen (secondary N) is 2. The van der Waals surface area contributed by atoms with E-state index in [2.05, 4.69) is 4.98 Å². The minimum absolute atomic E-state index is 0.0564. The van der Waals surface area contributed by atoms with Crippen LogP contribution >= 0.6 is 0 Å². The molecule has 0 saturated heterocycles. The van der Waals surface area contributed by atoms with E-state index < -0.39 is 11.2 Å². The van der Waals surface area contributed by atoms with Crippen LogP contribution in [0.2, 0.25) is 0 Å². The molecule has 1 aromatic heterocycles. The molecule has 1 heterocycles. The highest BCUT2D eigenvalue weighted by molar-refractivity contribution is 5.78. The molecule has 1 amide bonds. The van der Waals surface area contributed by atoms with Crippen molar-refractivity contribution in [2.75, 3.05) is 19.7 Å². The minimum Gasteiger partial charge on any atom is -0.395 e. The van der Waals surface area contributed by atoms with Gasteiger partial charge < -0.3 is 15.0 Å². The van der Waals surface area contributed by atoms with E-state index in [-0.39, 0.29) is 31.2 Å². The first-order chi connectivity index (χ1) is 8.56. The van der Waals surface area contributed by atoms with Crippen LogP contribution in [0.3, 0.4) is 0 Å². The molecule has 0 spiro atoms. The largest absolute Gasteiger partial charge is 0.395 e. The van der Waals surface area contributed by atoms with Gasteiger partial charge in [-0.05, 0) is 6.42 Å². The van der Waals surface area contributed by atoms with E-state index in [0.717, 1.165) is 6.42 Å². The molecular weight excluding hydrogens is 238 g/mol. The van der Waals surface area contributed by atoms with Gasteiger partial charge in [-0.15, -0.1) is 0 Å². The lowest BCUT2D eigenvalue weighted by atomic mass is 10.2. The van der Waals surface area contributed by atoms with Crippen LogP contribution in [-0.2, 0) is 11.2 Å². The second kappa shape index (κ2) is 6.75. The van der Waals surface area contributed by atoms with Crippen LogP contribution in [0.25, 0.3) is 0 Å². The first-order valence-electron chi connectivity index (χ1n) is 5.78. The fourth-order valence-electron chi connectivity index (χ4n) is 1.64. The number of hydrogen-bond donors (Lipinski definition) is 3. The number of H-pyrrole nitrogens is 2. The number of carbonyl (C=O) groups is 1. The van der Waals surface area contributed by atoms with E-state index >= 15 is 0 Å². The van der Waals surface area contributed by atoms with Crippen LogP contribution in [-0.4, -0.2) is 45.6 Å². The Bertz CT molecular complexity index is 471. The molecule has 0 aromatic carbocycles. The minimum atomic E-state index is -0.630. The number of aliphatic hydroxyl groups is 1. The van der Waals surface area contributed by atoms with Crippen molar-refractivity contribution in [3.8, 4) is 0 Å². The summed E-state index contributed by atoms with van der Waals surface area (Å²) in [6, 6.07) is 1.18. The van der Waals surface area contributed by atoms with E-state index in [4.69, 9.17) is 5.11 Å². The second-order valence-electron chi connectivity index (χ2n) is 3.89. The highest BCUT2D eigenvalue weighted by atomic mass is 16.3. The van der Waals surface area contributed by atoms with Crippen molar-refractivity contribution in [1.29, 1.82) is 0 Å². The van der Waals surface area contributed by atoms with Crippen LogP contribution in [0.5, 0.6) is 0 Å². The first kappa shape index (κ1) is 14.2. The van der Waals surface area contributed by atoms with Crippen molar-refractivity contribution in [1.82, 2.24) is 14.9 Å². The number of rotatable bonds is 6. The maximum absolute atomic E-state index is 11.9. The van der Waals surface area contributed by atoms with Crippen molar-refractivity contribution in [3.63, 3.8) is 0 Å². The number of amides is 1. The third-order valence-electron chi connectivity index (χ3n) is 2.37. The molecular formula is C11H17N3O4. The van der Waals surface area contributed by atoms with Crippen LogP contribution in [0.4, 0.5) is 0 Å². The molecule has 7 heteroatoms. The van der Waals surface area contributed by atoms with Gasteiger partial charge in [-0.2, -0.15) is 0 Å². The summed E-state index contributed by atoms with van der Waals surface area (Å²) >= 11 is 0. The Morgan fingerprint density at radius 2 is 2.06 bits per heavy atom. The van der Waals surface area contributed by atoms with Gasteiger partial charge in [-0.3, -0.25) is 14.6 Å². The zero-order chi connectivity index (χ0) is 13.5. The molecule has 0 unspecified atom stereocenters. The lowest BCUT2D eigenvalue weighted by Crippen LogP contribution is -2.36. The van der Waals surface area contributed by atoms with Gasteiger partial charge in [0.1, 0.15) is 0 Å². The molecule has 0 aliphatic carbocycles. The number of hydrogen-bond acceptors (Lipinski definition) is 4. The third-order valence-corrected chi connectivity index (χ3v) is 2.37. The summed E-state index contributed by atoms with van der Waals surface area (Å²) in [6.07, 6.45) is 0.719. The van der Waals surface area contributed by atoms with Gasteiger partial charge in [0.25, 0.3) is 5.56 Å². The third kappa shape index (κ3) is 4.17. The van der Waals surface area contributed by atoms with Crippen LogP contribution in [0, 0.1) is 0 Å². The van der Waals surface area contributed by atoms with E-state index in [0.29, 0.717) is 6.54 Å². The number of aliphatic hydroxyl groups excluding tert-OH is 1. The monoisotopic (exact) mass is 255 g/mol. The molecule has 0 aliphatic heterocycles. The first-order valence-corrected chi connectivity index (χ1v) is 5.78. The zero-order valence-electron chi connectivity index (χ0n) is 10.2. The Balaban J connectivity index is 2.78. The maximum atomic E-state index is 11.9. The molecule has 0 atom stereocenters. The summed E-state index contributed by atoms with van der Waals surface area (Å²) < 4.78 is 0. The summed E-state index contributed by atoms with van der Waals surface area (Å²) in [5, 5.41) is 8.86. The SMILES string of the molecule is CCCN(CCO)C(=O)Cc1cc(=O)[nH]c(=O)[nH]1. The van der Waals surface area contributed by atoms with Crippen molar-refractivity contribution in [2.24, 2.45) is 0 Å². The molecule has 0 aliphatic rings. The van der Waals surface area contributed by atoms with Crippen molar-refractivity contribution in [2.45, 2.75) is 19.8 Å². The summed E-state index contributed by atoms with van der Waals surface area (Å²) in [6.45, 7) is 2.59. The predicted molar refractivity (Wildman–Crippen MR) is 65.3 cm³/mol. The Hall–Kier alpha value is -1.89. The number of carbonyl (C=O) groups excluding carboxylic acids is 1. The lowest BCUT2D eigenvalue weighted by molar-refractivity contribution is -0.131. The van der Waals surface area contributed by atoms with Gasteiger partial charge in [0.2, 0.25) is 5.91 Å². The molecule has 3 N–H and O–H groups in total. The highest BCUT2D eigenvalue weighted by Crippen LogP contribution is 1.98. The van der Waals surface area contributed by atoms with Gasteiger partial charge in [0.05, 0.1) is 13.0 Å². The smallest absolute Gasteiger partial charge is 0.325 e. The Kier molecular flexibility index (Phi) is 5.31. The fraction of sp³-hybridized carbons (Fsp3) is 0.545. The van der Waals surface area contributed by atoms with Crippen LogP contribution in [0.15, 0.2) is 15.7 Å². The standard InChI is InChI=1S/C11H17N3O4/c1-2-3-14(4-5-15)10(17)7-8-6-9(16)13-11(18)12-8/h6,15H,2-5,7H2,1H3,(H2,12,13,16,18). The summed E-state index contributed by atoms with van der Waals surface area (Å²) in [5.41, 5.74) is -0.895. The molecule has 18 heavy (non-hydrogen) atoms. The van der Waals surface area contributed by atoms with E-state index in [9.17, 15) is 14.4 Å². The van der Waals surface area contributed by atoms with Gasteiger partial charge in [0, 0.05) is 24.8 Å². The quantitative estimate of drug-likeness (QED) is 0.596. The van der Waals surface area contributed by atoms with Gasteiger partial charge in [-0.25, -0.2) is 4.79 Å². The summed E-state index contributed by atoms with van der Waals surface area (Å²) in [4.78, 5) is 39.9. The highest BCUT2D eigenvalue weighted by Gasteiger charge is 2.13. The summed E-state index contributed by atoms with van der Waals surface area (Å²) in [7, 11) is 0. The molecule has 0 bridgehead atoms. The Morgan fingerprint density at radius 1 is 1.33 bits per heavy atom. The van der Waals surface area contributed by atoms with Gasteiger partial charge >= 0.3 is 5.69 Å². The number of nitrogens with zero attached hydrogens (tertiary/aromatic N) is 1. The normalized spacial score (nSPS) is 10.3. The van der Waals surface area contributed by atoms with Crippen molar-refractivity contribution in [3.05, 3.63) is 32.6 Å². The van der Waals surface area contributed by atoms with Crippen molar-refractivity contribution < 1.29 is 9.90 Å². The Morgan fingerprint density at radius 3 is 2.61 bits per heavy atom. The fourth-order valence-corrected chi connectivity index (χ4v) is 1.64. The average molecular weight is 255 g/mol. The molecule has 0 fully saturated rings. The molecule has 1 rings (SSSR count). The van der Waals surface area contributed by atoms with Crippen LogP contribution in [0.1, 0.15) is 19.0 Å². The van der Waals surface area contributed by atoms with Gasteiger partial charge in [-0.1, -0.05) is 6.92 Å².